The maximum atomic E-state index is 11.6. The summed E-state index contributed by atoms with van der Waals surface area (Å²) >= 11 is 0. The lowest BCUT2D eigenvalue weighted by atomic mass is 10.1. The fraction of sp³-hybridized carbons (Fsp3) is 0.500. The Hall–Kier alpha value is -1.75. The lowest BCUT2D eigenvalue weighted by Crippen LogP contribution is -2.46. The van der Waals surface area contributed by atoms with E-state index in [1.54, 1.807) is 45.2 Å². The summed E-state index contributed by atoms with van der Waals surface area (Å²) in [5.74, 6) is 1.30. The number of carbonyl (C=O) groups excluding carboxylic acids is 1. The quantitative estimate of drug-likeness (QED) is 0.782. The van der Waals surface area contributed by atoms with Crippen molar-refractivity contribution < 1.29 is 19.4 Å². The Morgan fingerprint density at radius 1 is 1.26 bits per heavy atom. The number of hydrogen-bond acceptors (Lipinski definition) is 4. The van der Waals surface area contributed by atoms with Crippen molar-refractivity contribution in [3.05, 3.63) is 24.3 Å². The third-order valence-corrected chi connectivity index (χ3v) is 2.53. The molecule has 1 rings (SSSR count). The second-order valence-electron chi connectivity index (χ2n) is 4.86. The minimum atomic E-state index is -0.600. The Morgan fingerprint density at radius 2 is 1.84 bits per heavy atom. The van der Waals surface area contributed by atoms with Gasteiger partial charge >= 0.3 is 0 Å². The molecule has 1 aromatic carbocycles. The molecule has 0 aliphatic rings. The van der Waals surface area contributed by atoms with E-state index in [1.807, 2.05) is 0 Å². The van der Waals surface area contributed by atoms with Crippen molar-refractivity contribution in [2.75, 3.05) is 20.3 Å². The van der Waals surface area contributed by atoms with Crippen molar-refractivity contribution in [3.8, 4) is 11.5 Å². The third kappa shape index (κ3) is 5.61. The highest BCUT2D eigenvalue weighted by atomic mass is 16.5. The minimum Gasteiger partial charge on any atom is -0.497 e. The molecule has 19 heavy (non-hydrogen) atoms. The van der Waals surface area contributed by atoms with E-state index in [0.717, 1.165) is 5.75 Å². The minimum absolute atomic E-state index is 0.0991. The number of aliphatic hydroxyl groups excluding tert-OH is 1. The van der Waals surface area contributed by atoms with E-state index in [2.05, 4.69) is 5.32 Å². The zero-order valence-corrected chi connectivity index (χ0v) is 11.6. The zero-order chi connectivity index (χ0) is 14.3. The van der Waals surface area contributed by atoms with Crippen molar-refractivity contribution in [3.63, 3.8) is 0 Å². The summed E-state index contributed by atoms with van der Waals surface area (Å²) in [6.45, 7) is 3.71. The number of carbonyl (C=O) groups is 1. The van der Waals surface area contributed by atoms with Crippen LogP contribution in [-0.2, 0) is 4.79 Å². The van der Waals surface area contributed by atoms with E-state index in [4.69, 9.17) is 14.6 Å². The van der Waals surface area contributed by atoms with Crippen LogP contribution in [-0.4, -0.2) is 36.9 Å². The molecule has 0 saturated carbocycles. The smallest absolute Gasteiger partial charge is 0.223 e. The van der Waals surface area contributed by atoms with Gasteiger partial charge < -0.3 is 19.9 Å². The van der Waals surface area contributed by atoms with Crippen LogP contribution in [0, 0.1) is 0 Å². The number of nitrogens with one attached hydrogen (secondary N) is 1. The largest absolute Gasteiger partial charge is 0.497 e. The predicted molar refractivity (Wildman–Crippen MR) is 72.4 cm³/mol. The van der Waals surface area contributed by atoms with Crippen molar-refractivity contribution in [2.45, 2.75) is 25.8 Å². The Labute approximate surface area is 113 Å². The van der Waals surface area contributed by atoms with Gasteiger partial charge in [0.25, 0.3) is 0 Å². The SMILES string of the molecule is COc1ccc(OCCC(=O)NC(C)(C)CO)cc1. The van der Waals surface area contributed by atoms with Crippen LogP contribution >= 0.6 is 0 Å². The van der Waals surface area contributed by atoms with E-state index < -0.39 is 5.54 Å². The highest BCUT2D eigenvalue weighted by molar-refractivity contribution is 5.76. The highest BCUT2D eigenvalue weighted by Crippen LogP contribution is 2.17. The van der Waals surface area contributed by atoms with Gasteiger partial charge in [0.2, 0.25) is 5.91 Å². The number of aliphatic hydroxyl groups is 1. The Morgan fingerprint density at radius 3 is 2.37 bits per heavy atom. The molecule has 2 N–H and O–H groups in total. The summed E-state index contributed by atoms with van der Waals surface area (Å²) in [7, 11) is 1.60. The summed E-state index contributed by atoms with van der Waals surface area (Å²) in [5, 5.41) is 11.8. The number of ether oxygens (including phenoxy) is 2. The number of methoxy groups -OCH3 is 1. The van der Waals surface area contributed by atoms with Gasteiger partial charge in [0.15, 0.2) is 0 Å². The van der Waals surface area contributed by atoms with Crippen LogP contribution in [0.25, 0.3) is 0 Å². The van der Waals surface area contributed by atoms with E-state index >= 15 is 0 Å². The fourth-order valence-corrected chi connectivity index (χ4v) is 1.41. The molecule has 0 fully saturated rings. The third-order valence-electron chi connectivity index (χ3n) is 2.53. The first-order chi connectivity index (χ1) is 8.96. The van der Waals surface area contributed by atoms with Gasteiger partial charge in [-0.25, -0.2) is 0 Å². The van der Waals surface area contributed by atoms with Crippen LogP contribution in [0.15, 0.2) is 24.3 Å². The maximum Gasteiger partial charge on any atom is 0.223 e. The molecular formula is C14H21NO4. The Bertz CT molecular complexity index is 400. The van der Waals surface area contributed by atoms with Gasteiger partial charge in [-0.3, -0.25) is 4.79 Å². The van der Waals surface area contributed by atoms with Gasteiger partial charge in [-0.2, -0.15) is 0 Å². The molecule has 0 heterocycles. The summed E-state index contributed by atoms with van der Waals surface area (Å²) in [4.78, 5) is 11.6. The summed E-state index contributed by atoms with van der Waals surface area (Å²) in [6.07, 6.45) is 0.245. The van der Waals surface area contributed by atoms with Gasteiger partial charge in [0.05, 0.1) is 32.3 Å². The molecule has 5 heteroatoms. The number of amides is 1. The van der Waals surface area contributed by atoms with Crippen LogP contribution in [0.3, 0.4) is 0 Å². The van der Waals surface area contributed by atoms with E-state index in [1.165, 1.54) is 0 Å². The van der Waals surface area contributed by atoms with Crippen molar-refractivity contribution >= 4 is 5.91 Å². The summed E-state index contributed by atoms with van der Waals surface area (Å²) < 4.78 is 10.5. The molecular weight excluding hydrogens is 246 g/mol. The molecule has 5 nitrogen and oxygen atoms in total. The van der Waals surface area contributed by atoms with Gasteiger partial charge in [0.1, 0.15) is 11.5 Å². The second-order valence-corrected chi connectivity index (χ2v) is 4.86. The molecule has 1 aromatic rings. The number of benzene rings is 1. The average Bonchev–Trinajstić information content (AvgIpc) is 2.39. The van der Waals surface area contributed by atoms with Crippen LogP contribution in [0.2, 0.25) is 0 Å². The molecule has 106 valence electrons. The van der Waals surface area contributed by atoms with Gasteiger partial charge in [-0.15, -0.1) is 0 Å². The molecule has 0 spiro atoms. The topological polar surface area (TPSA) is 67.8 Å². The maximum absolute atomic E-state index is 11.6. The van der Waals surface area contributed by atoms with Gasteiger partial charge in [-0.05, 0) is 38.1 Å². The standard InChI is InChI=1S/C14H21NO4/c1-14(2,10-16)15-13(17)8-9-19-12-6-4-11(18-3)5-7-12/h4-7,16H,8-10H2,1-3H3,(H,15,17). The first-order valence-corrected chi connectivity index (χ1v) is 6.15. The first kappa shape index (κ1) is 15.3. The van der Waals surface area contributed by atoms with Crippen molar-refractivity contribution in [1.82, 2.24) is 5.32 Å². The van der Waals surface area contributed by atoms with Gasteiger partial charge in [0, 0.05) is 0 Å². The van der Waals surface area contributed by atoms with Gasteiger partial charge in [-0.1, -0.05) is 0 Å². The zero-order valence-electron chi connectivity index (χ0n) is 11.6. The van der Waals surface area contributed by atoms with Crippen molar-refractivity contribution in [1.29, 1.82) is 0 Å². The first-order valence-electron chi connectivity index (χ1n) is 6.15. The summed E-state index contributed by atoms with van der Waals surface area (Å²) in [5.41, 5.74) is -0.600. The number of hydrogen-bond donors (Lipinski definition) is 2. The van der Waals surface area contributed by atoms with E-state index in [-0.39, 0.29) is 18.9 Å². The average molecular weight is 267 g/mol. The summed E-state index contributed by atoms with van der Waals surface area (Å²) in [6, 6.07) is 7.16. The highest BCUT2D eigenvalue weighted by Gasteiger charge is 2.18. The van der Waals surface area contributed by atoms with Crippen LogP contribution < -0.4 is 14.8 Å². The molecule has 0 saturated heterocycles. The lowest BCUT2D eigenvalue weighted by molar-refractivity contribution is -0.123. The molecule has 1 amide bonds. The molecule has 0 atom stereocenters. The van der Waals surface area contributed by atoms with E-state index in [0.29, 0.717) is 12.4 Å². The Balaban J connectivity index is 2.31. The molecule has 0 aliphatic carbocycles. The number of rotatable bonds is 7. The molecule has 0 aliphatic heterocycles. The normalized spacial score (nSPS) is 10.9. The fourth-order valence-electron chi connectivity index (χ4n) is 1.41. The molecule has 0 bridgehead atoms. The predicted octanol–water partition coefficient (Wildman–Crippen LogP) is 1.35. The molecule has 0 unspecified atom stereocenters. The van der Waals surface area contributed by atoms with Crippen molar-refractivity contribution in [2.24, 2.45) is 0 Å². The van der Waals surface area contributed by atoms with Crippen LogP contribution in [0.4, 0.5) is 0 Å². The van der Waals surface area contributed by atoms with E-state index in [9.17, 15) is 4.79 Å². The van der Waals surface area contributed by atoms with Crippen LogP contribution in [0.1, 0.15) is 20.3 Å². The second kappa shape index (κ2) is 6.99. The van der Waals surface area contributed by atoms with Crippen LogP contribution in [0.5, 0.6) is 11.5 Å². The lowest BCUT2D eigenvalue weighted by Gasteiger charge is -2.23. The molecule has 0 aromatic heterocycles. The molecule has 0 radical (unpaired) electrons. The Kier molecular flexibility index (Phi) is 5.63. The monoisotopic (exact) mass is 267 g/mol.